The number of carbonyl (C=O) groups is 2. The lowest BCUT2D eigenvalue weighted by molar-refractivity contribution is -0.112. The fraction of sp³-hybridized carbons (Fsp3) is 0.296. The molecule has 1 amide bonds. The molecule has 0 unspecified atom stereocenters. The zero-order valence-electron chi connectivity index (χ0n) is 19.1. The van der Waals surface area contributed by atoms with Crippen LogP contribution in [0, 0.1) is 11.3 Å². The number of amides is 1. The minimum Gasteiger partial charge on any atom is -0.462 e. The number of furan rings is 1. The molecule has 34 heavy (non-hydrogen) atoms. The van der Waals surface area contributed by atoms with Crippen LogP contribution in [0.2, 0.25) is 0 Å². The number of nitrogens with zero attached hydrogens (tertiary/aromatic N) is 1. The Labute approximate surface area is 202 Å². The first kappa shape index (κ1) is 23.5. The zero-order chi connectivity index (χ0) is 23.9. The molecule has 0 bridgehead atoms. The summed E-state index contributed by atoms with van der Waals surface area (Å²) in [5, 5.41) is 12.9. The third-order valence-corrected chi connectivity index (χ3v) is 6.88. The van der Waals surface area contributed by atoms with E-state index in [-0.39, 0.29) is 5.57 Å². The van der Waals surface area contributed by atoms with Gasteiger partial charge in [0.1, 0.15) is 28.2 Å². The summed E-state index contributed by atoms with van der Waals surface area (Å²) in [7, 11) is 0. The van der Waals surface area contributed by atoms with Gasteiger partial charge in [-0.3, -0.25) is 4.79 Å². The first-order valence-corrected chi connectivity index (χ1v) is 12.3. The van der Waals surface area contributed by atoms with Gasteiger partial charge >= 0.3 is 5.97 Å². The van der Waals surface area contributed by atoms with Crippen LogP contribution in [-0.4, -0.2) is 18.5 Å². The Kier molecular flexibility index (Phi) is 7.61. The third kappa shape index (κ3) is 5.29. The van der Waals surface area contributed by atoms with Crippen LogP contribution in [-0.2, 0) is 22.4 Å². The van der Waals surface area contributed by atoms with Crippen molar-refractivity contribution in [2.45, 2.75) is 45.4 Å². The topological polar surface area (TPSA) is 92.3 Å². The van der Waals surface area contributed by atoms with E-state index in [1.54, 1.807) is 12.1 Å². The number of nitrogens with one attached hydrogen (secondary N) is 1. The van der Waals surface area contributed by atoms with E-state index in [1.807, 2.05) is 43.3 Å². The van der Waals surface area contributed by atoms with Crippen molar-refractivity contribution in [2.75, 3.05) is 11.9 Å². The minimum atomic E-state index is -0.582. The van der Waals surface area contributed by atoms with Crippen molar-refractivity contribution in [3.05, 3.63) is 69.8 Å². The molecule has 0 saturated carbocycles. The number of rotatable bonds is 8. The zero-order valence-corrected chi connectivity index (χ0v) is 19.9. The number of carbonyl (C=O) groups excluding carboxylic acids is 2. The standard InChI is InChI=1S/C27H26N2O4S/c1-2-3-15-32-27(31)24-21-11-7-8-12-23(21)34-26(24)29-25(30)19(17-28)16-20-13-14-22(33-20)18-9-5-4-6-10-18/h4-6,9-10,13-14,16H,2-3,7-8,11-12,15H2,1H3,(H,29,30)/b19-16+. The molecule has 2 aromatic heterocycles. The summed E-state index contributed by atoms with van der Waals surface area (Å²) in [4.78, 5) is 26.9. The van der Waals surface area contributed by atoms with E-state index in [1.165, 1.54) is 17.4 Å². The van der Waals surface area contributed by atoms with E-state index in [4.69, 9.17) is 9.15 Å². The average molecular weight is 475 g/mol. The predicted molar refractivity (Wildman–Crippen MR) is 133 cm³/mol. The predicted octanol–water partition coefficient (Wildman–Crippen LogP) is 6.39. The number of hydrogen-bond acceptors (Lipinski definition) is 6. The highest BCUT2D eigenvalue weighted by atomic mass is 32.1. The van der Waals surface area contributed by atoms with Crippen LogP contribution >= 0.6 is 11.3 Å². The van der Waals surface area contributed by atoms with Gasteiger partial charge < -0.3 is 14.5 Å². The maximum Gasteiger partial charge on any atom is 0.341 e. The Bertz CT molecular complexity index is 1250. The lowest BCUT2D eigenvalue weighted by atomic mass is 9.95. The van der Waals surface area contributed by atoms with Crippen LogP contribution < -0.4 is 5.32 Å². The van der Waals surface area contributed by atoms with Gasteiger partial charge in [-0.05, 0) is 49.8 Å². The normalized spacial score (nSPS) is 13.1. The van der Waals surface area contributed by atoms with Crippen LogP contribution in [0.3, 0.4) is 0 Å². The highest BCUT2D eigenvalue weighted by molar-refractivity contribution is 7.17. The van der Waals surface area contributed by atoms with Gasteiger partial charge in [-0.2, -0.15) is 5.26 Å². The number of hydrogen-bond donors (Lipinski definition) is 1. The molecule has 0 spiro atoms. The lowest BCUT2D eigenvalue weighted by Gasteiger charge is -2.12. The summed E-state index contributed by atoms with van der Waals surface area (Å²) in [6.07, 6.45) is 6.84. The van der Waals surface area contributed by atoms with Crippen LogP contribution in [0.4, 0.5) is 5.00 Å². The van der Waals surface area contributed by atoms with Crippen molar-refractivity contribution in [1.82, 2.24) is 0 Å². The van der Waals surface area contributed by atoms with Crippen molar-refractivity contribution in [2.24, 2.45) is 0 Å². The van der Waals surface area contributed by atoms with Gasteiger partial charge in [0.05, 0.1) is 12.2 Å². The Morgan fingerprint density at radius 2 is 1.97 bits per heavy atom. The smallest absolute Gasteiger partial charge is 0.341 e. The molecule has 0 atom stereocenters. The number of anilines is 1. The molecule has 7 heteroatoms. The number of unbranched alkanes of at least 4 members (excludes halogenated alkanes) is 1. The van der Waals surface area contributed by atoms with Gasteiger partial charge in [-0.1, -0.05) is 43.7 Å². The van der Waals surface area contributed by atoms with Crippen LogP contribution in [0.15, 0.2) is 52.5 Å². The number of esters is 1. The van der Waals surface area contributed by atoms with Crippen molar-refractivity contribution in [3.8, 4) is 17.4 Å². The molecular weight excluding hydrogens is 448 g/mol. The van der Waals surface area contributed by atoms with E-state index in [9.17, 15) is 14.9 Å². The summed E-state index contributed by atoms with van der Waals surface area (Å²) in [5.41, 5.74) is 2.20. The molecule has 0 aliphatic heterocycles. The molecule has 6 nitrogen and oxygen atoms in total. The number of benzene rings is 1. The van der Waals surface area contributed by atoms with Gasteiger partial charge in [-0.15, -0.1) is 11.3 Å². The number of ether oxygens (including phenoxy) is 1. The fourth-order valence-corrected chi connectivity index (χ4v) is 5.17. The van der Waals surface area contributed by atoms with Crippen LogP contribution in [0.25, 0.3) is 17.4 Å². The summed E-state index contributed by atoms with van der Waals surface area (Å²) in [6, 6.07) is 15.0. The Hall–Kier alpha value is -3.63. The van der Waals surface area contributed by atoms with Crippen molar-refractivity contribution < 1.29 is 18.7 Å². The molecule has 1 aliphatic carbocycles. The van der Waals surface area contributed by atoms with Gasteiger partial charge in [0, 0.05) is 16.5 Å². The maximum absolute atomic E-state index is 13.0. The van der Waals surface area contributed by atoms with Crippen molar-refractivity contribution >= 4 is 34.3 Å². The monoisotopic (exact) mass is 474 g/mol. The second-order valence-electron chi connectivity index (χ2n) is 8.10. The summed E-state index contributed by atoms with van der Waals surface area (Å²) >= 11 is 1.40. The number of fused-ring (bicyclic) bond motifs is 1. The van der Waals surface area contributed by atoms with Gasteiger partial charge in [0.25, 0.3) is 5.91 Å². The molecule has 0 saturated heterocycles. The lowest BCUT2D eigenvalue weighted by Crippen LogP contribution is -2.17. The van der Waals surface area contributed by atoms with Crippen molar-refractivity contribution in [3.63, 3.8) is 0 Å². The van der Waals surface area contributed by atoms with Crippen LogP contribution in [0.1, 0.15) is 59.2 Å². The first-order valence-electron chi connectivity index (χ1n) is 11.5. The van der Waals surface area contributed by atoms with E-state index in [2.05, 4.69) is 5.32 Å². The van der Waals surface area contributed by atoms with Crippen molar-refractivity contribution in [1.29, 1.82) is 5.26 Å². The van der Waals surface area contributed by atoms with E-state index >= 15 is 0 Å². The molecule has 174 valence electrons. The Morgan fingerprint density at radius 3 is 2.74 bits per heavy atom. The summed E-state index contributed by atoms with van der Waals surface area (Å²) in [5.74, 6) is 0.0494. The van der Waals surface area contributed by atoms with E-state index in [0.29, 0.717) is 28.7 Å². The van der Waals surface area contributed by atoms with Gasteiger partial charge in [0.15, 0.2) is 0 Å². The fourth-order valence-electron chi connectivity index (χ4n) is 3.90. The van der Waals surface area contributed by atoms with E-state index in [0.717, 1.165) is 54.5 Å². The van der Waals surface area contributed by atoms with Gasteiger partial charge in [0.2, 0.25) is 0 Å². The molecular formula is C27H26N2O4S. The first-order chi connectivity index (χ1) is 16.6. The Balaban J connectivity index is 1.56. The quantitative estimate of drug-likeness (QED) is 0.177. The highest BCUT2D eigenvalue weighted by Crippen LogP contribution is 2.39. The number of thiophene rings is 1. The van der Waals surface area contributed by atoms with Gasteiger partial charge in [-0.25, -0.2) is 4.79 Å². The molecule has 1 aliphatic rings. The molecule has 4 rings (SSSR count). The molecule has 0 fully saturated rings. The SMILES string of the molecule is CCCCOC(=O)c1c(NC(=O)/C(C#N)=C/c2ccc(-c3ccccc3)o2)sc2c1CCCC2. The molecule has 1 aromatic carbocycles. The summed E-state index contributed by atoms with van der Waals surface area (Å²) in [6.45, 7) is 2.38. The largest absolute Gasteiger partial charge is 0.462 e. The molecule has 2 heterocycles. The highest BCUT2D eigenvalue weighted by Gasteiger charge is 2.28. The third-order valence-electron chi connectivity index (χ3n) is 5.67. The summed E-state index contributed by atoms with van der Waals surface area (Å²) < 4.78 is 11.3. The number of nitriles is 1. The maximum atomic E-state index is 13.0. The average Bonchev–Trinajstić information content (AvgIpc) is 3.47. The second-order valence-corrected chi connectivity index (χ2v) is 9.20. The second kappa shape index (κ2) is 11.0. The van der Waals surface area contributed by atoms with Crippen LogP contribution in [0.5, 0.6) is 0 Å². The molecule has 3 aromatic rings. The molecule has 0 radical (unpaired) electrons. The Morgan fingerprint density at radius 1 is 1.18 bits per heavy atom. The minimum absolute atomic E-state index is 0.106. The molecule has 1 N–H and O–H groups in total. The van der Waals surface area contributed by atoms with E-state index < -0.39 is 11.9 Å². The number of aryl methyl sites for hydroxylation is 1.